The fourth-order valence-corrected chi connectivity index (χ4v) is 5.69. The van der Waals surface area contributed by atoms with Gasteiger partial charge >= 0.3 is 5.69 Å². The Hall–Kier alpha value is -2.20. The van der Waals surface area contributed by atoms with Crippen molar-refractivity contribution in [2.24, 2.45) is 5.92 Å². The largest absolute Gasteiger partial charge is 0.325 e. The van der Waals surface area contributed by atoms with Gasteiger partial charge in [0.2, 0.25) is 10.0 Å². The first-order valence-corrected chi connectivity index (χ1v) is 10.6. The summed E-state index contributed by atoms with van der Waals surface area (Å²) < 4.78 is 29.7. The molecule has 0 amide bonds. The van der Waals surface area contributed by atoms with Crippen molar-refractivity contribution in [3.63, 3.8) is 0 Å². The van der Waals surface area contributed by atoms with Crippen molar-refractivity contribution in [3.8, 4) is 0 Å². The first-order valence-electron chi connectivity index (χ1n) is 9.13. The molecule has 0 spiro atoms. The molecule has 1 saturated carbocycles. The summed E-state index contributed by atoms with van der Waals surface area (Å²) in [5, 5.41) is 4.45. The normalized spacial score (nSPS) is 21.0. The van der Waals surface area contributed by atoms with Crippen molar-refractivity contribution < 1.29 is 8.42 Å². The third-order valence-electron chi connectivity index (χ3n) is 5.41. The van der Waals surface area contributed by atoms with Gasteiger partial charge in [-0.05, 0) is 39.0 Å². The predicted molar refractivity (Wildman–Crippen MR) is 98.2 cm³/mol. The zero-order valence-electron chi connectivity index (χ0n) is 15.4. The van der Waals surface area contributed by atoms with Gasteiger partial charge in [-0.25, -0.2) is 13.2 Å². The van der Waals surface area contributed by atoms with Crippen LogP contribution in [-0.2, 0) is 16.6 Å². The van der Waals surface area contributed by atoms with Crippen molar-refractivity contribution in [1.29, 1.82) is 0 Å². The average molecular weight is 393 g/mol. The Morgan fingerprint density at radius 1 is 1.19 bits per heavy atom. The van der Waals surface area contributed by atoms with Gasteiger partial charge in [-0.2, -0.15) is 9.40 Å². The second-order valence-corrected chi connectivity index (χ2v) is 9.39. The maximum Gasteiger partial charge on any atom is 0.325 e. The molecule has 1 saturated heterocycles. The number of hydrogen-bond acceptors (Lipinski definition) is 5. The number of rotatable bonds is 5. The summed E-state index contributed by atoms with van der Waals surface area (Å²) in [6, 6.07) is 1.33. The van der Waals surface area contributed by atoms with E-state index in [0.717, 1.165) is 6.54 Å². The van der Waals surface area contributed by atoms with Crippen LogP contribution < -0.4 is 11.2 Å². The summed E-state index contributed by atoms with van der Waals surface area (Å²) in [7, 11) is -3.68. The summed E-state index contributed by atoms with van der Waals surface area (Å²) >= 11 is 0. The van der Waals surface area contributed by atoms with Crippen molar-refractivity contribution in [3.05, 3.63) is 44.0 Å². The predicted octanol–water partition coefficient (Wildman–Crippen LogP) is 0.465. The first kappa shape index (κ1) is 18.2. The van der Waals surface area contributed by atoms with Gasteiger partial charge in [0.15, 0.2) is 0 Å². The Morgan fingerprint density at radius 2 is 1.93 bits per heavy atom. The molecule has 0 radical (unpaired) electrons. The molecule has 0 aromatic carbocycles. The van der Waals surface area contributed by atoms with Crippen LogP contribution in [0.2, 0.25) is 0 Å². The van der Waals surface area contributed by atoms with Crippen LogP contribution in [0.15, 0.2) is 20.6 Å². The summed E-state index contributed by atoms with van der Waals surface area (Å²) in [4.78, 5) is 28.1. The van der Waals surface area contributed by atoms with Crippen LogP contribution in [0, 0.1) is 19.8 Å². The van der Waals surface area contributed by atoms with E-state index in [1.165, 1.54) is 23.2 Å². The van der Waals surface area contributed by atoms with E-state index in [1.807, 2.05) is 4.68 Å². The van der Waals surface area contributed by atoms with E-state index >= 15 is 0 Å². The molecule has 4 rings (SSSR count). The third kappa shape index (κ3) is 3.39. The van der Waals surface area contributed by atoms with Crippen LogP contribution in [0.3, 0.4) is 0 Å². The molecule has 27 heavy (non-hydrogen) atoms. The maximum absolute atomic E-state index is 13.2. The number of H-pyrrole nitrogens is 2. The molecule has 0 bridgehead atoms. The second-order valence-electron chi connectivity index (χ2n) is 7.52. The lowest BCUT2D eigenvalue weighted by Crippen LogP contribution is -2.30. The fraction of sp³-hybridized carbons (Fsp3) is 0.588. The SMILES string of the molecule is Cc1nn(CC2CC2)c(C)c1S(=O)(=O)N1CCC(c2cc(=O)[nH]c(=O)[nH]2)C1. The van der Waals surface area contributed by atoms with Gasteiger partial charge in [-0.1, -0.05) is 0 Å². The molecular formula is C17H23N5O4S. The van der Waals surface area contributed by atoms with E-state index < -0.39 is 21.3 Å². The molecule has 1 unspecified atom stereocenters. The van der Waals surface area contributed by atoms with E-state index in [0.29, 0.717) is 36.0 Å². The smallest absolute Gasteiger partial charge is 0.311 e. The van der Waals surface area contributed by atoms with Gasteiger partial charge in [-0.3, -0.25) is 14.5 Å². The number of aromatic amines is 2. The lowest BCUT2D eigenvalue weighted by atomic mass is 10.1. The first-order chi connectivity index (χ1) is 12.8. The summed E-state index contributed by atoms with van der Waals surface area (Å²) in [6.45, 7) is 4.86. The topological polar surface area (TPSA) is 121 Å². The minimum atomic E-state index is -3.68. The molecular weight excluding hydrogens is 370 g/mol. The molecule has 2 N–H and O–H groups in total. The second kappa shape index (κ2) is 6.45. The van der Waals surface area contributed by atoms with Crippen LogP contribution in [0.5, 0.6) is 0 Å². The molecule has 2 aliphatic rings. The number of sulfonamides is 1. The Balaban J connectivity index is 1.61. The molecule has 10 heteroatoms. The van der Waals surface area contributed by atoms with Gasteiger partial charge in [0.05, 0.1) is 11.4 Å². The Labute approximate surface area is 156 Å². The van der Waals surface area contributed by atoms with E-state index in [4.69, 9.17) is 0 Å². The quantitative estimate of drug-likeness (QED) is 0.765. The minimum absolute atomic E-state index is 0.211. The van der Waals surface area contributed by atoms with Crippen LogP contribution >= 0.6 is 0 Å². The highest BCUT2D eigenvalue weighted by Crippen LogP contribution is 2.34. The minimum Gasteiger partial charge on any atom is -0.311 e. The van der Waals surface area contributed by atoms with E-state index in [2.05, 4.69) is 15.1 Å². The Bertz CT molecular complexity index is 1070. The highest BCUT2D eigenvalue weighted by Gasteiger charge is 2.37. The van der Waals surface area contributed by atoms with E-state index in [-0.39, 0.29) is 17.4 Å². The number of hydrogen-bond donors (Lipinski definition) is 2. The van der Waals surface area contributed by atoms with Gasteiger partial charge in [-0.15, -0.1) is 0 Å². The summed E-state index contributed by atoms with van der Waals surface area (Å²) in [5.41, 5.74) is 0.600. The lowest BCUT2D eigenvalue weighted by Gasteiger charge is -2.17. The molecule has 2 fully saturated rings. The average Bonchev–Trinajstić information content (AvgIpc) is 3.15. The molecule has 146 valence electrons. The van der Waals surface area contributed by atoms with Crippen molar-refractivity contribution in [2.75, 3.05) is 13.1 Å². The number of nitrogens with zero attached hydrogens (tertiary/aromatic N) is 3. The maximum atomic E-state index is 13.2. The Kier molecular flexibility index (Phi) is 4.34. The summed E-state index contributed by atoms with van der Waals surface area (Å²) in [5.74, 6) is 0.389. The molecule has 1 aliphatic heterocycles. The number of aryl methyl sites for hydroxylation is 1. The molecule has 3 heterocycles. The van der Waals surface area contributed by atoms with Crippen molar-refractivity contribution >= 4 is 10.0 Å². The fourth-order valence-electron chi connectivity index (χ4n) is 3.81. The van der Waals surface area contributed by atoms with E-state index in [1.54, 1.807) is 13.8 Å². The summed E-state index contributed by atoms with van der Waals surface area (Å²) in [6.07, 6.45) is 2.89. The van der Waals surface area contributed by atoms with Crippen molar-refractivity contribution in [1.82, 2.24) is 24.1 Å². The molecule has 1 atom stereocenters. The van der Waals surface area contributed by atoms with Crippen LogP contribution in [-0.4, -0.2) is 45.6 Å². The third-order valence-corrected chi connectivity index (χ3v) is 7.53. The Morgan fingerprint density at radius 3 is 2.59 bits per heavy atom. The highest BCUT2D eigenvalue weighted by atomic mass is 32.2. The van der Waals surface area contributed by atoms with Crippen LogP contribution in [0.4, 0.5) is 0 Å². The van der Waals surface area contributed by atoms with Gasteiger partial charge < -0.3 is 4.98 Å². The van der Waals surface area contributed by atoms with Crippen LogP contribution in [0.1, 0.15) is 42.3 Å². The number of nitrogens with one attached hydrogen (secondary N) is 2. The highest BCUT2D eigenvalue weighted by molar-refractivity contribution is 7.89. The van der Waals surface area contributed by atoms with Gasteiger partial charge in [0, 0.05) is 37.3 Å². The lowest BCUT2D eigenvalue weighted by molar-refractivity contribution is 0.470. The zero-order chi connectivity index (χ0) is 19.3. The molecule has 1 aliphatic carbocycles. The van der Waals surface area contributed by atoms with Crippen LogP contribution in [0.25, 0.3) is 0 Å². The number of aromatic nitrogens is 4. The van der Waals surface area contributed by atoms with E-state index in [9.17, 15) is 18.0 Å². The molecule has 2 aromatic heterocycles. The monoisotopic (exact) mass is 393 g/mol. The van der Waals surface area contributed by atoms with Crippen molar-refractivity contribution in [2.45, 2.75) is 50.5 Å². The van der Waals surface area contributed by atoms with Gasteiger partial charge in [0.1, 0.15) is 4.90 Å². The zero-order valence-corrected chi connectivity index (χ0v) is 16.2. The molecule has 2 aromatic rings. The standard InChI is InChI=1S/C17H23N5O4S/c1-10-16(11(2)22(20-10)8-12-3-4-12)27(25,26)21-6-5-13(9-21)14-7-15(23)19-17(24)18-14/h7,12-13H,3-6,8-9H2,1-2H3,(H2,18,19,23,24). The van der Waals surface area contributed by atoms with Gasteiger partial charge in [0.25, 0.3) is 5.56 Å². The molecule has 9 nitrogen and oxygen atoms in total.